The largest absolute Gasteiger partial charge is 0.507 e. The van der Waals surface area contributed by atoms with Crippen LogP contribution < -0.4 is 4.74 Å². The second-order valence-electron chi connectivity index (χ2n) is 6.71. The van der Waals surface area contributed by atoms with Crippen molar-refractivity contribution in [1.82, 2.24) is 4.90 Å². The molecule has 0 bridgehead atoms. The molecule has 3 rings (SSSR count). The number of carbonyl (C=O) groups is 2. The number of Topliss-reactive ketones (excluding diaryl/α,β-unsaturated/α-hetero) is 1. The first-order valence-corrected chi connectivity index (χ1v) is 9.07. The van der Waals surface area contributed by atoms with Gasteiger partial charge < -0.3 is 19.5 Å². The quantitative estimate of drug-likeness (QED) is 0.459. The van der Waals surface area contributed by atoms with E-state index in [1.54, 1.807) is 24.3 Å². The van der Waals surface area contributed by atoms with Gasteiger partial charge in [0.2, 0.25) is 0 Å². The maximum Gasteiger partial charge on any atom is 0.295 e. The van der Waals surface area contributed by atoms with Crippen LogP contribution in [0.25, 0.3) is 5.76 Å². The van der Waals surface area contributed by atoms with Gasteiger partial charge in [-0.3, -0.25) is 9.59 Å². The second kappa shape index (κ2) is 8.45. The van der Waals surface area contributed by atoms with Crippen LogP contribution in [0, 0.1) is 12.7 Å². The summed E-state index contributed by atoms with van der Waals surface area (Å²) < 4.78 is 25.0. The number of aryl methyl sites for hydroxylation is 1. The molecule has 2 aromatic carbocycles. The molecule has 152 valence electrons. The minimum Gasteiger partial charge on any atom is -0.507 e. The molecule has 1 amide bonds. The zero-order valence-electron chi connectivity index (χ0n) is 16.4. The number of nitrogens with zero attached hydrogens (tertiary/aromatic N) is 1. The number of halogens is 1. The molecule has 0 saturated carbocycles. The Kier molecular flexibility index (Phi) is 5.98. The Morgan fingerprint density at radius 1 is 1.17 bits per heavy atom. The third-order valence-corrected chi connectivity index (χ3v) is 4.89. The number of likely N-dealkylation sites (tertiary alicyclic amines) is 1. The van der Waals surface area contributed by atoms with Gasteiger partial charge in [-0.05, 0) is 25.1 Å². The van der Waals surface area contributed by atoms with Crippen LogP contribution in [0.5, 0.6) is 5.75 Å². The molecule has 7 heteroatoms. The summed E-state index contributed by atoms with van der Waals surface area (Å²) in [5, 5.41) is 11.1. The number of rotatable bonds is 6. The van der Waals surface area contributed by atoms with Gasteiger partial charge in [0.25, 0.3) is 11.7 Å². The highest BCUT2D eigenvalue weighted by Gasteiger charge is 2.47. The van der Waals surface area contributed by atoms with Crippen molar-refractivity contribution >= 4 is 17.4 Å². The summed E-state index contributed by atoms with van der Waals surface area (Å²) in [6.07, 6.45) is 0. The van der Waals surface area contributed by atoms with Crippen molar-refractivity contribution < 1.29 is 28.6 Å². The average molecular weight is 399 g/mol. The van der Waals surface area contributed by atoms with Gasteiger partial charge in [0.1, 0.15) is 17.3 Å². The molecule has 0 radical (unpaired) electrons. The Morgan fingerprint density at radius 3 is 2.55 bits per heavy atom. The van der Waals surface area contributed by atoms with E-state index >= 15 is 0 Å². The van der Waals surface area contributed by atoms with E-state index in [1.807, 2.05) is 6.92 Å². The summed E-state index contributed by atoms with van der Waals surface area (Å²) in [6, 6.07) is 9.90. The SMILES string of the molecule is COCCN1C(=O)C(=O)/C(=C(/O)c2cc(C)ccc2OC)C1c1ccccc1F. The van der Waals surface area contributed by atoms with Gasteiger partial charge in [-0.15, -0.1) is 0 Å². The zero-order valence-corrected chi connectivity index (χ0v) is 16.4. The van der Waals surface area contributed by atoms with E-state index in [1.165, 1.54) is 37.3 Å². The molecule has 6 nitrogen and oxygen atoms in total. The van der Waals surface area contributed by atoms with Gasteiger partial charge >= 0.3 is 0 Å². The minimum absolute atomic E-state index is 0.0712. The molecule has 0 aliphatic carbocycles. The molecule has 0 spiro atoms. The van der Waals surface area contributed by atoms with E-state index < -0.39 is 29.3 Å². The van der Waals surface area contributed by atoms with E-state index in [9.17, 15) is 19.1 Å². The van der Waals surface area contributed by atoms with Crippen LogP contribution in [-0.2, 0) is 14.3 Å². The third kappa shape index (κ3) is 3.73. The normalized spacial score (nSPS) is 18.3. The lowest BCUT2D eigenvalue weighted by molar-refractivity contribution is -0.140. The number of aliphatic hydroxyl groups is 1. The van der Waals surface area contributed by atoms with E-state index in [0.29, 0.717) is 5.75 Å². The summed E-state index contributed by atoms with van der Waals surface area (Å²) in [5.41, 5.74) is 1.03. The van der Waals surface area contributed by atoms with Crippen molar-refractivity contribution in [1.29, 1.82) is 0 Å². The molecule has 1 unspecified atom stereocenters. The summed E-state index contributed by atoms with van der Waals surface area (Å²) in [6.45, 7) is 2.05. The van der Waals surface area contributed by atoms with Gasteiger partial charge in [-0.2, -0.15) is 0 Å². The van der Waals surface area contributed by atoms with Crippen LogP contribution in [0.4, 0.5) is 4.39 Å². The number of hydrogen-bond acceptors (Lipinski definition) is 5. The lowest BCUT2D eigenvalue weighted by atomic mass is 9.94. The van der Waals surface area contributed by atoms with Crippen LogP contribution in [-0.4, -0.2) is 49.1 Å². The Bertz CT molecular complexity index is 985. The monoisotopic (exact) mass is 399 g/mol. The molecule has 1 aliphatic rings. The number of amides is 1. The molecule has 29 heavy (non-hydrogen) atoms. The van der Waals surface area contributed by atoms with E-state index in [0.717, 1.165) is 5.56 Å². The maximum absolute atomic E-state index is 14.6. The van der Waals surface area contributed by atoms with Crippen molar-refractivity contribution in [2.24, 2.45) is 0 Å². The first-order valence-electron chi connectivity index (χ1n) is 9.07. The standard InChI is InChI=1S/C22H22FNO5/c1-13-8-9-17(29-3)15(12-13)20(25)18-19(14-6-4-5-7-16(14)23)24(10-11-28-2)22(27)21(18)26/h4-9,12,19,25H,10-11H2,1-3H3/b20-18+. The van der Waals surface area contributed by atoms with Crippen molar-refractivity contribution in [3.8, 4) is 5.75 Å². The Balaban J connectivity index is 2.25. The van der Waals surface area contributed by atoms with Crippen LogP contribution >= 0.6 is 0 Å². The molecule has 1 heterocycles. The van der Waals surface area contributed by atoms with E-state index in [-0.39, 0.29) is 29.9 Å². The molecular formula is C22H22FNO5. The van der Waals surface area contributed by atoms with E-state index in [2.05, 4.69) is 0 Å². The topological polar surface area (TPSA) is 76.1 Å². The second-order valence-corrected chi connectivity index (χ2v) is 6.71. The Morgan fingerprint density at radius 2 is 1.90 bits per heavy atom. The fourth-order valence-corrected chi connectivity index (χ4v) is 3.47. The van der Waals surface area contributed by atoms with Crippen LogP contribution in [0.3, 0.4) is 0 Å². The van der Waals surface area contributed by atoms with Crippen LogP contribution in [0.15, 0.2) is 48.0 Å². The first kappa shape index (κ1) is 20.5. The minimum atomic E-state index is -1.07. The molecule has 1 aliphatic heterocycles. The summed E-state index contributed by atoms with van der Waals surface area (Å²) in [5.74, 6) is -2.34. The van der Waals surface area contributed by atoms with Crippen LogP contribution in [0.1, 0.15) is 22.7 Å². The van der Waals surface area contributed by atoms with Crippen molar-refractivity contribution in [2.75, 3.05) is 27.4 Å². The van der Waals surface area contributed by atoms with Crippen LogP contribution in [0.2, 0.25) is 0 Å². The number of benzene rings is 2. The highest BCUT2D eigenvalue weighted by atomic mass is 19.1. The molecule has 0 aromatic heterocycles. The molecular weight excluding hydrogens is 377 g/mol. The number of hydrogen-bond donors (Lipinski definition) is 1. The fraction of sp³-hybridized carbons (Fsp3) is 0.273. The smallest absolute Gasteiger partial charge is 0.295 e. The van der Waals surface area contributed by atoms with E-state index in [4.69, 9.17) is 9.47 Å². The number of ether oxygens (including phenoxy) is 2. The number of carbonyl (C=O) groups excluding carboxylic acids is 2. The molecule has 1 atom stereocenters. The first-order chi connectivity index (χ1) is 13.9. The molecule has 1 fully saturated rings. The lowest BCUT2D eigenvalue weighted by Crippen LogP contribution is -2.33. The van der Waals surface area contributed by atoms with Crippen molar-refractivity contribution in [3.63, 3.8) is 0 Å². The number of ketones is 1. The van der Waals surface area contributed by atoms with Gasteiger partial charge in [0.05, 0.1) is 30.9 Å². The van der Waals surface area contributed by atoms with Gasteiger partial charge in [-0.25, -0.2) is 4.39 Å². The van der Waals surface area contributed by atoms with Crippen molar-refractivity contribution in [3.05, 3.63) is 70.5 Å². The number of methoxy groups -OCH3 is 2. The highest BCUT2D eigenvalue weighted by Crippen LogP contribution is 2.41. The molecule has 1 N–H and O–H groups in total. The average Bonchev–Trinajstić information content (AvgIpc) is 2.96. The summed E-state index contributed by atoms with van der Waals surface area (Å²) in [4.78, 5) is 26.8. The predicted molar refractivity (Wildman–Crippen MR) is 105 cm³/mol. The third-order valence-electron chi connectivity index (χ3n) is 4.89. The predicted octanol–water partition coefficient (Wildman–Crippen LogP) is 3.21. The molecule has 1 saturated heterocycles. The maximum atomic E-state index is 14.6. The summed E-state index contributed by atoms with van der Waals surface area (Å²) >= 11 is 0. The van der Waals surface area contributed by atoms with Gasteiger partial charge in [-0.1, -0.05) is 29.8 Å². The Labute approximate surface area is 168 Å². The lowest BCUT2D eigenvalue weighted by Gasteiger charge is -2.25. The highest BCUT2D eigenvalue weighted by molar-refractivity contribution is 6.46. The Hall–Kier alpha value is -3.19. The summed E-state index contributed by atoms with van der Waals surface area (Å²) in [7, 11) is 2.90. The zero-order chi connectivity index (χ0) is 21.1. The molecule has 2 aromatic rings. The van der Waals surface area contributed by atoms with Gasteiger partial charge in [0, 0.05) is 19.2 Å². The number of aliphatic hydroxyl groups excluding tert-OH is 1. The van der Waals surface area contributed by atoms with Crippen molar-refractivity contribution in [2.45, 2.75) is 13.0 Å². The van der Waals surface area contributed by atoms with Gasteiger partial charge in [0.15, 0.2) is 0 Å². The fourth-order valence-electron chi connectivity index (χ4n) is 3.47.